The summed E-state index contributed by atoms with van der Waals surface area (Å²) in [7, 11) is 0. The van der Waals surface area contributed by atoms with Crippen molar-refractivity contribution >= 4 is 5.69 Å². The summed E-state index contributed by atoms with van der Waals surface area (Å²) in [5, 5.41) is 13.8. The van der Waals surface area contributed by atoms with Crippen LogP contribution in [0.25, 0.3) is 0 Å². The molecule has 0 amide bonds. The van der Waals surface area contributed by atoms with Gasteiger partial charge in [0, 0.05) is 11.7 Å². The van der Waals surface area contributed by atoms with Crippen LogP contribution in [0.3, 0.4) is 0 Å². The van der Waals surface area contributed by atoms with Gasteiger partial charge in [-0.2, -0.15) is 0 Å². The molecule has 0 bridgehead atoms. The third-order valence-corrected chi connectivity index (χ3v) is 3.83. The summed E-state index contributed by atoms with van der Waals surface area (Å²) in [6, 6.07) is 18.7. The molecule has 2 N–H and O–H groups in total. The fourth-order valence-electron chi connectivity index (χ4n) is 2.76. The molecular weight excluding hydrogens is 234 g/mol. The minimum absolute atomic E-state index is 0.352. The van der Waals surface area contributed by atoms with Crippen LogP contribution >= 0.6 is 0 Å². The molecular formula is C17H19NO. The standard InChI is InChI=1S/C17H19NO/c19-17(14-7-2-1-3-8-14)12-15-11-10-13-6-4-5-9-16(13)18-15/h1-9,15,17-19H,10-12H2. The van der Waals surface area contributed by atoms with Gasteiger partial charge >= 0.3 is 0 Å². The lowest BCUT2D eigenvalue weighted by Crippen LogP contribution is -2.27. The Morgan fingerprint density at radius 3 is 2.63 bits per heavy atom. The molecule has 0 aliphatic carbocycles. The maximum absolute atomic E-state index is 10.3. The Balaban J connectivity index is 1.66. The van der Waals surface area contributed by atoms with Crippen molar-refractivity contribution in [1.29, 1.82) is 0 Å². The Labute approximate surface area is 114 Å². The van der Waals surface area contributed by atoms with E-state index in [0.717, 1.165) is 24.8 Å². The molecule has 1 heterocycles. The van der Waals surface area contributed by atoms with E-state index in [1.807, 2.05) is 30.3 Å². The molecule has 0 fully saturated rings. The summed E-state index contributed by atoms with van der Waals surface area (Å²) in [6.07, 6.45) is 2.55. The Kier molecular flexibility index (Phi) is 3.51. The lowest BCUT2D eigenvalue weighted by atomic mass is 9.93. The Hall–Kier alpha value is -1.80. The van der Waals surface area contributed by atoms with Gasteiger partial charge in [0.2, 0.25) is 0 Å². The van der Waals surface area contributed by atoms with Gasteiger partial charge in [-0.05, 0) is 36.5 Å². The van der Waals surface area contributed by atoms with E-state index in [-0.39, 0.29) is 6.10 Å². The minimum Gasteiger partial charge on any atom is -0.388 e. The average molecular weight is 253 g/mol. The fourth-order valence-corrected chi connectivity index (χ4v) is 2.76. The number of rotatable bonds is 3. The number of aliphatic hydroxyl groups excluding tert-OH is 1. The molecule has 3 rings (SSSR count). The lowest BCUT2D eigenvalue weighted by Gasteiger charge is -2.28. The molecule has 2 heteroatoms. The van der Waals surface area contributed by atoms with Crippen LogP contribution in [0.15, 0.2) is 54.6 Å². The van der Waals surface area contributed by atoms with Gasteiger partial charge in [-0.15, -0.1) is 0 Å². The van der Waals surface area contributed by atoms with Crippen molar-refractivity contribution in [3.63, 3.8) is 0 Å². The Morgan fingerprint density at radius 2 is 1.79 bits per heavy atom. The van der Waals surface area contributed by atoms with Crippen LogP contribution in [0.4, 0.5) is 5.69 Å². The van der Waals surface area contributed by atoms with E-state index in [0.29, 0.717) is 6.04 Å². The summed E-state index contributed by atoms with van der Waals surface area (Å²) >= 11 is 0. The highest BCUT2D eigenvalue weighted by Gasteiger charge is 2.20. The number of benzene rings is 2. The van der Waals surface area contributed by atoms with Gasteiger partial charge in [0.15, 0.2) is 0 Å². The minimum atomic E-state index is -0.385. The van der Waals surface area contributed by atoms with Gasteiger partial charge in [-0.25, -0.2) is 0 Å². The highest BCUT2D eigenvalue weighted by Crippen LogP contribution is 2.28. The van der Waals surface area contributed by atoms with E-state index in [1.165, 1.54) is 11.3 Å². The zero-order valence-corrected chi connectivity index (χ0v) is 10.9. The predicted molar refractivity (Wildman–Crippen MR) is 78.2 cm³/mol. The molecule has 0 aromatic heterocycles. The molecule has 2 atom stereocenters. The maximum Gasteiger partial charge on any atom is 0.0809 e. The van der Waals surface area contributed by atoms with Gasteiger partial charge in [-0.1, -0.05) is 48.5 Å². The Morgan fingerprint density at radius 1 is 1.05 bits per heavy atom. The van der Waals surface area contributed by atoms with Crippen molar-refractivity contribution < 1.29 is 5.11 Å². The SMILES string of the molecule is OC(CC1CCc2ccccc2N1)c1ccccc1. The number of hydrogen-bond acceptors (Lipinski definition) is 2. The van der Waals surface area contributed by atoms with Gasteiger partial charge in [0.1, 0.15) is 0 Å². The third-order valence-electron chi connectivity index (χ3n) is 3.83. The molecule has 0 saturated carbocycles. The molecule has 2 aromatic rings. The van der Waals surface area contributed by atoms with E-state index >= 15 is 0 Å². The van der Waals surface area contributed by atoms with Gasteiger partial charge in [0.25, 0.3) is 0 Å². The quantitative estimate of drug-likeness (QED) is 0.877. The second-order valence-corrected chi connectivity index (χ2v) is 5.20. The molecule has 0 radical (unpaired) electrons. The number of nitrogens with one attached hydrogen (secondary N) is 1. The number of aryl methyl sites for hydroxylation is 1. The topological polar surface area (TPSA) is 32.3 Å². The first-order chi connectivity index (χ1) is 9.33. The zero-order valence-electron chi connectivity index (χ0n) is 10.9. The molecule has 1 aliphatic heterocycles. The van der Waals surface area contributed by atoms with Crippen LogP contribution in [0.1, 0.15) is 30.1 Å². The van der Waals surface area contributed by atoms with Crippen molar-refractivity contribution in [2.75, 3.05) is 5.32 Å². The van der Waals surface area contributed by atoms with E-state index in [9.17, 15) is 5.11 Å². The van der Waals surface area contributed by atoms with Crippen molar-refractivity contribution in [3.05, 3.63) is 65.7 Å². The van der Waals surface area contributed by atoms with Crippen molar-refractivity contribution in [1.82, 2.24) is 0 Å². The maximum atomic E-state index is 10.3. The first kappa shape index (κ1) is 12.2. The summed E-state index contributed by atoms with van der Waals surface area (Å²) in [4.78, 5) is 0. The number of para-hydroxylation sites is 1. The molecule has 98 valence electrons. The molecule has 19 heavy (non-hydrogen) atoms. The molecule has 2 nitrogen and oxygen atoms in total. The number of anilines is 1. The van der Waals surface area contributed by atoms with Crippen LogP contribution < -0.4 is 5.32 Å². The zero-order chi connectivity index (χ0) is 13.1. The van der Waals surface area contributed by atoms with Crippen LogP contribution in [-0.4, -0.2) is 11.1 Å². The third kappa shape index (κ3) is 2.79. The first-order valence-electron chi connectivity index (χ1n) is 6.90. The molecule has 2 aromatic carbocycles. The summed E-state index contributed by atoms with van der Waals surface area (Å²) in [6.45, 7) is 0. The van der Waals surface area contributed by atoms with E-state index < -0.39 is 0 Å². The predicted octanol–water partition coefficient (Wildman–Crippen LogP) is 3.54. The largest absolute Gasteiger partial charge is 0.388 e. The van der Waals surface area contributed by atoms with Crippen molar-refractivity contribution in [2.45, 2.75) is 31.4 Å². The van der Waals surface area contributed by atoms with E-state index in [1.54, 1.807) is 0 Å². The fraction of sp³-hybridized carbons (Fsp3) is 0.294. The Bertz CT molecular complexity index is 538. The first-order valence-corrected chi connectivity index (χ1v) is 6.90. The van der Waals surface area contributed by atoms with E-state index in [2.05, 4.69) is 29.6 Å². The smallest absolute Gasteiger partial charge is 0.0809 e. The van der Waals surface area contributed by atoms with E-state index in [4.69, 9.17) is 0 Å². The molecule has 0 spiro atoms. The highest BCUT2D eigenvalue weighted by molar-refractivity contribution is 5.53. The van der Waals surface area contributed by atoms with Crippen LogP contribution in [0.5, 0.6) is 0 Å². The number of fused-ring (bicyclic) bond motifs is 1. The van der Waals surface area contributed by atoms with Gasteiger partial charge < -0.3 is 10.4 Å². The summed E-state index contributed by atoms with van der Waals surface area (Å²) in [5.41, 5.74) is 3.61. The van der Waals surface area contributed by atoms with Crippen molar-refractivity contribution in [2.24, 2.45) is 0 Å². The van der Waals surface area contributed by atoms with Crippen LogP contribution in [-0.2, 0) is 6.42 Å². The van der Waals surface area contributed by atoms with Crippen LogP contribution in [0.2, 0.25) is 0 Å². The molecule has 0 saturated heterocycles. The second-order valence-electron chi connectivity index (χ2n) is 5.20. The van der Waals surface area contributed by atoms with Crippen LogP contribution in [0, 0.1) is 0 Å². The molecule has 1 aliphatic rings. The number of hydrogen-bond donors (Lipinski definition) is 2. The average Bonchev–Trinajstić information content (AvgIpc) is 2.48. The monoisotopic (exact) mass is 253 g/mol. The number of aliphatic hydroxyl groups is 1. The molecule has 2 unspecified atom stereocenters. The summed E-state index contributed by atoms with van der Waals surface area (Å²) in [5.74, 6) is 0. The van der Waals surface area contributed by atoms with Gasteiger partial charge in [0.05, 0.1) is 6.10 Å². The second kappa shape index (κ2) is 5.45. The highest BCUT2D eigenvalue weighted by atomic mass is 16.3. The van der Waals surface area contributed by atoms with Gasteiger partial charge in [-0.3, -0.25) is 0 Å². The van der Waals surface area contributed by atoms with Crippen molar-refractivity contribution in [3.8, 4) is 0 Å². The normalized spacial score (nSPS) is 19.3. The lowest BCUT2D eigenvalue weighted by molar-refractivity contribution is 0.158. The summed E-state index contributed by atoms with van der Waals surface area (Å²) < 4.78 is 0.